The molecule has 0 rings (SSSR count). The number of hydrogen-bond acceptors (Lipinski definition) is 3. The Morgan fingerprint density at radius 3 is 2.58 bits per heavy atom. The van der Waals surface area contributed by atoms with Crippen LogP contribution in [-0.2, 0) is 14.3 Å². The summed E-state index contributed by atoms with van der Waals surface area (Å²) in [6, 6.07) is 0. The fraction of sp³-hybridized carbons (Fsp3) is 0.750. The maximum absolute atomic E-state index is 10.8. The number of unbranched alkanes of at least 4 members (excludes halogenated alkanes) is 1. The van der Waals surface area contributed by atoms with E-state index in [-0.39, 0.29) is 12.2 Å². The van der Waals surface area contributed by atoms with E-state index in [0.717, 1.165) is 12.8 Å². The van der Waals surface area contributed by atoms with Gasteiger partial charge in [0.1, 0.15) is 6.42 Å². The van der Waals surface area contributed by atoms with Crippen LogP contribution in [0.15, 0.2) is 0 Å². The summed E-state index contributed by atoms with van der Waals surface area (Å²) in [7, 11) is 0. The zero-order valence-corrected chi connectivity index (χ0v) is 9.30. The van der Waals surface area contributed by atoms with E-state index in [9.17, 15) is 9.59 Å². The molecule has 0 aliphatic carbocycles. The quantitative estimate of drug-likeness (QED) is 0.245. The highest BCUT2D eigenvalue weighted by atomic mass is 127. The van der Waals surface area contributed by atoms with Gasteiger partial charge in [-0.25, -0.2) is 0 Å². The minimum Gasteiger partial charge on any atom is -0.465 e. The second-order valence-corrected chi connectivity index (χ2v) is 3.19. The Kier molecular flexibility index (Phi) is 7.43. The van der Waals surface area contributed by atoms with Crippen LogP contribution in [0.5, 0.6) is 0 Å². The first-order valence-corrected chi connectivity index (χ1v) is 5.46. The summed E-state index contributed by atoms with van der Waals surface area (Å²) in [5.74, 6) is -0.470. The minimum atomic E-state index is -0.398. The van der Waals surface area contributed by atoms with E-state index in [2.05, 4.69) is 0 Å². The van der Waals surface area contributed by atoms with E-state index in [1.807, 2.05) is 29.5 Å². The standard InChI is InChI=1S/C8H13IO3/c1-2-3-4-12-8(11)5-7(10)6-9/h2-6H2,1H3. The Balaban J connectivity index is 3.40. The molecule has 3 nitrogen and oxygen atoms in total. The largest absolute Gasteiger partial charge is 0.465 e. The number of carbonyl (C=O) groups is 2. The molecule has 0 atom stereocenters. The summed E-state index contributed by atoms with van der Waals surface area (Å²) < 4.78 is 5.17. The van der Waals surface area contributed by atoms with E-state index in [1.165, 1.54) is 0 Å². The first-order valence-electron chi connectivity index (χ1n) is 3.94. The molecule has 70 valence electrons. The maximum atomic E-state index is 10.8. The van der Waals surface area contributed by atoms with Crippen LogP contribution in [0.2, 0.25) is 0 Å². The lowest BCUT2D eigenvalue weighted by atomic mass is 10.3. The van der Waals surface area contributed by atoms with E-state index in [0.29, 0.717) is 11.0 Å². The van der Waals surface area contributed by atoms with Gasteiger partial charge in [0, 0.05) is 0 Å². The second kappa shape index (κ2) is 7.52. The van der Waals surface area contributed by atoms with Crippen molar-refractivity contribution in [1.29, 1.82) is 0 Å². The molecule has 0 aliphatic rings. The molecule has 0 radical (unpaired) electrons. The highest BCUT2D eigenvalue weighted by Crippen LogP contribution is 1.95. The van der Waals surface area contributed by atoms with Gasteiger partial charge in [-0.3, -0.25) is 9.59 Å². The number of ether oxygens (including phenoxy) is 1. The Morgan fingerprint density at radius 2 is 2.08 bits per heavy atom. The molecule has 0 N–H and O–H groups in total. The molecule has 0 saturated carbocycles. The number of alkyl halides is 1. The predicted octanol–water partition coefficient (Wildman–Crippen LogP) is 1.72. The monoisotopic (exact) mass is 284 g/mol. The van der Waals surface area contributed by atoms with Crippen molar-refractivity contribution < 1.29 is 14.3 Å². The molecule has 0 aromatic heterocycles. The SMILES string of the molecule is CCCCOC(=O)CC(=O)CI. The van der Waals surface area contributed by atoms with Gasteiger partial charge in [0.15, 0.2) is 5.78 Å². The Hall–Kier alpha value is -0.130. The van der Waals surface area contributed by atoms with E-state index < -0.39 is 5.97 Å². The number of ketones is 1. The number of halogens is 1. The first kappa shape index (κ1) is 11.9. The molecule has 0 fully saturated rings. The molecular formula is C8H13IO3. The van der Waals surface area contributed by atoms with Crippen LogP contribution in [0.1, 0.15) is 26.2 Å². The lowest BCUT2D eigenvalue weighted by Crippen LogP contribution is -2.12. The van der Waals surface area contributed by atoms with Crippen molar-refractivity contribution in [3.05, 3.63) is 0 Å². The molecular weight excluding hydrogens is 271 g/mol. The predicted molar refractivity (Wildman–Crippen MR) is 54.4 cm³/mol. The third-order valence-corrected chi connectivity index (χ3v) is 2.10. The van der Waals surface area contributed by atoms with Gasteiger partial charge in [-0.05, 0) is 6.42 Å². The number of hydrogen-bond donors (Lipinski definition) is 0. The van der Waals surface area contributed by atoms with Crippen molar-refractivity contribution in [2.45, 2.75) is 26.2 Å². The van der Waals surface area contributed by atoms with Crippen LogP contribution in [-0.4, -0.2) is 22.8 Å². The van der Waals surface area contributed by atoms with Gasteiger partial charge in [-0.1, -0.05) is 35.9 Å². The molecule has 0 amide bonds. The highest BCUT2D eigenvalue weighted by molar-refractivity contribution is 14.1. The Labute approximate surface area is 86.0 Å². The van der Waals surface area contributed by atoms with Gasteiger partial charge in [-0.15, -0.1) is 0 Å². The zero-order valence-electron chi connectivity index (χ0n) is 7.14. The van der Waals surface area contributed by atoms with Crippen LogP contribution < -0.4 is 0 Å². The fourth-order valence-electron chi connectivity index (χ4n) is 0.590. The van der Waals surface area contributed by atoms with Gasteiger partial charge in [0.25, 0.3) is 0 Å². The molecule has 4 heteroatoms. The molecule has 12 heavy (non-hydrogen) atoms. The van der Waals surface area contributed by atoms with Crippen molar-refractivity contribution in [1.82, 2.24) is 0 Å². The third-order valence-electron chi connectivity index (χ3n) is 1.25. The van der Waals surface area contributed by atoms with E-state index in [4.69, 9.17) is 4.74 Å². The zero-order chi connectivity index (χ0) is 9.40. The number of rotatable bonds is 6. The summed E-state index contributed by atoms with van der Waals surface area (Å²) in [6.07, 6.45) is 1.78. The average Bonchev–Trinajstić information content (AvgIpc) is 2.05. The smallest absolute Gasteiger partial charge is 0.313 e. The number of Topliss-reactive ketones (excluding diaryl/α,β-unsaturated/α-hetero) is 1. The van der Waals surface area contributed by atoms with Crippen molar-refractivity contribution in [3.63, 3.8) is 0 Å². The van der Waals surface area contributed by atoms with Crippen molar-refractivity contribution >= 4 is 34.3 Å². The van der Waals surface area contributed by atoms with Crippen LogP contribution >= 0.6 is 22.6 Å². The molecule has 0 aliphatic heterocycles. The molecule has 0 unspecified atom stereocenters. The summed E-state index contributed by atoms with van der Waals surface area (Å²) >= 11 is 1.93. The molecule has 0 aromatic rings. The number of esters is 1. The lowest BCUT2D eigenvalue weighted by Gasteiger charge is -2.01. The second-order valence-electron chi connectivity index (χ2n) is 2.42. The molecule has 0 aromatic carbocycles. The minimum absolute atomic E-state index is 0.0721. The molecule has 0 bridgehead atoms. The normalized spacial score (nSPS) is 9.50. The topological polar surface area (TPSA) is 43.4 Å². The maximum Gasteiger partial charge on any atom is 0.313 e. The van der Waals surface area contributed by atoms with Crippen LogP contribution in [0.3, 0.4) is 0 Å². The summed E-state index contributed by atoms with van der Waals surface area (Å²) in [4.78, 5) is 21.6. The van der Waals surface area contributed by atoms with Crippen molar-refractivity contribution in [2.75, 3.05) is 11.0 Å². The fourth-order valence-corrected chi connectivity index (χ4v) is 0.859. The van der Waals surface area contributed by atoms with Crippen molar-refractivity contribution in [2.24, 2.45) is 0 Å². The van der Waals surface area contributed by atoms with Gasteiger partial charge in [0.2, 0.25) is 0 Å². The Morgan fingerprint density at radius 1 is 1.42 bits per heavy atom. The summed E-state index contributed by atoms with van der Waals surface area (Å²) in [5, 5.41) is 0. The Bertz CT molecular complexity index is 156. The van der Waals surface area contributed by atoms with Crippen molar-refractivity contribution in [3.8, 4) is 0 Å². The van der Waals surface area contributed by atoms with Gasteiger partial charge in [-0.2, -0.15) is 0 Å². The van der Waals surface area contributed by atoms with E-state index in [1.54, 1.807) is 0 Å². The highest BCUT2D eigenvalue weighted by Gasteiger charge is 2.08. The average molecular weight is 284 g/mol. The molecule has 0 saturated heterocycles. The summed E-state index contributed by atoms with van der Waals surface area (Å²) in [5.41, 5.74) is 0. The van der Waals surface area contributed by atoms with Crippen LogP contribution in [0.25, 0.3) is 0 Å². The van der Waals surface area contributed by atoms with Gasteiger partial charge >= 0.3 is 5.97 Å². The third kappa shape index (κ3) is 6.57. The number of carbonyl (C=O) groups excluding carboxylic acids is 2. The summed E-state index contributed by atoms with van der Waals surface area (Å²) in [6.45, 7) is 2.45. The van der Waals surface area contributed by atoms with Crippen LogP contribution in [0, 0.1) is 0 Å². The first-order chi connectivity index (χ1) is 5.70. The van der Waals surface area contributed by atoms with Gasteiger partial charge in [0.05, 0.1) is 11.0 Å². The van der Waals surface area contributed by atoms with E-state index >= 15 is 0 Å². The van der Waals surface area contributed by atoms with Gasteiger partial charge < -0.3 is 4.74 Å². The van der Waals surface area contributed by atoms with Crippen LogP contribution in [0.4, 0.5) is 0 Å². The lowest BCUT2D eigenvalue weighted by molar-refractivity contribution is -0.145. The molecule has 0 spiro atoms. The molecule has 0 heterocycles.